The SMILES string of the molecule is CCC1N=C(c2cnccn2)NC1(c1ccc(F)cc1)c1ccc(F)cc1. The van der Waals surface area contributed by atoms with Crippen LogP contribution >= 0.6 is 0 Å². The van der Waals surface area contributed by atoms with Crippen molar-refractivity contribution >= 4 is 5.84 Å². The number of aromatic nitrogens is 2. The molecule has 4 rings (SSSR count). The van der Waals surface area contributed by atoms with Crippen molar-refractivity contribution in [3.05, 3.63) is 95.6 Å². The molecule has 27 heavy (non-hydrogen) atoms. The molecule has 4 nitrogen and oxygen atoms in total. The Kier molecular flexibility index (Phi) is 4.39. The Bertz CT molecular complexity index is 908. The second kappa shape index (κ2) is 6.87. The van der Waals surface area contributed by atoms with Crippen LogP contribution in [0.3, 0.4) is 0 Å². The van der Waals surface area contributed by atoms with Gasteiger partial charge in [-0.25, -0.2) is 13.8 Å². The first-order chi connectivity index (χ1) is 13.1. The molecular weight excluding hydrogens is 346 g/mol. The van der Waals surface area contributed by atoms with E-state index in [1.165, 1.54) is 24.3 Å². The van der Waals surface area contributed by atoms with Crippen LogP contribution in [0.5, 0.6) is 0 Å². The molecule has 3 aromatic rings. The van der Waals surface area contributed by atoms with E-state index in [0.717, 1.165) is 17.5 Å². The van der Waals surface area contributed by atoms with Gasteiger partial charge in [0.1, 0.15) is 28.7 Å². The molecular formula is C21H18F2N4. The van der Waals surface area contributed by atoms with Crippen LogP contribution in [0.1, 0.15) is 30.2 Å². The van der Waals surface area contributed by atoms with E-state index in [9.17, 15) is 8.78 Å². The Morgan fingerprint density at radius 2 is 1.52 bits per heavy atom. The largest absolute Gasteiger partial charge is 0.353 e. The van der Waals surface area contributed by atoms with Gasteiger partial charge in [0.2, 0.25) is 0 Å². The zero-order valence-electron chi connectivity index (χ0n) is 14.7. The average Bonchev–Trinajstić information content (AvgIpc) is 3.10. The number of halogens is 2. The molecule has 1 aliphatic heterocycles. The summed E-state index contributed by atoms with van der Waals surface area (Å²) < 4.78 is 27.1. The number of nitrogens with zero attached hydrogens (tertiary/aromatic N) is 3. The van der Waals surface area contributed by atoms with E-state index in [1.54, 1.807) is 42.9 Å². The van der Waals surface area contributed by atoms with Crippen LogP contribution in [0.25, 0.3) is 0 Å². The third-order valence-corrected chi connectivity index (χ3v) is 4.89. The fraction of sp³-hybridized carbons (Fsp3) is 0.190. The smallest absolute Gasteiger partial charge is 0.150 e. The van der Waals surface area contributed by atoms with Gasteiger partial charge in [0, 0.05) is 12.4 Å². The Labute approximate surface area is 156 Å². The van der Waals surface area contributed by atoms with Crippen molar-refractivity contribution in [1.29, 1.82) is 0 Å². The van der Waals surface area contributed by atoms with E-state index in [4.69, 9.17) is 4.99 Å². The fourth-order valence-electron chi connectivity index (χ4n) is 3.63. The van der Waals surface area contributed by atoms with Gasteiger partial charge >= 0.3 is 0 Å². The quantitative estimate of drug-likeness (QED) is 0.766. The molecule has 0 fully saturated rings. The van der Waals surface area contributed by atoms with Gasteiger partial charge in [0.05, 0.1) is 12.2 Å². The summed E-state index contributed by atoms with van der Waals surface area (Å²) in [4.78, 5) is 13.3. The maximum Gasteiger partial charge on any atom is 0.150 e. The summed E-state index contributed by atoms with van der Waals surface area (Å²) in [5.74, 6) is -0.00756. The molecule has 0 saturated carbocycles. The summed E-state index contributed by atoms with van der Waals surface area (Å²) in [6.07, 6.45) is 5.58. The number of amidine groups is 1. The van der Waals surface area contributed by atoms with Gasteiger partial charge in [-0.2, -0.15) is 0 Å². The molecule has 1 N–H and O–H groups in total. The molecule has 6 heteroatoms. The monoisotopic (exact) mass is 364 g/mol. The summed E-state index contributed by atoms with van der Waals surface area (Å²) in [6, 6.07) is 12.5. The molecule has 1 atom stereocenters. The van der Waals surface area contributed by atoms with Crippen molar-refractivity contribution in [1.82, 2.24) is 15.3 Å². The molecule has 2 aromatic carbocycles. The Hall–Kier alpha value is -3.15. The number of nitrogens with one attached hydrogen (secondary N) is 1. The van der Waals surface area contributed by atoms with Crippen molar-refractivity contribution in [2.75, 3.05) is 0 Å². The van der Waals surface area contributed by atoms with Crippen LogP contribution in [0.4, 0.5) is 8.78 Å². The van der Waals surface area contributed by atoms with E-state index >= 15 is 0 Å². The number of aliphatic imine (C=N–C) groups is 1. The van der Waals surface area contributed by atoms with Gasteiger partial charge < -0.3 is 5.32 Å². The van der Waals surface area contributed by atoms with Crippen molar-refractivity contribution in [3.63, 3.8) is 0 Å². The first-order valence-electron chi connectivity index (χ1n) is 8.78. The molecule has 0 bridgehead atoms. The third kappa shape index (κ3) is 2.97. The molecule has 0 radical (unpaired) electrons. The predicted molar refractivity (Wildman–Crippen MR) is 99.4 cm³/mol. The number of benzene rings is 2. The minimum absolute atomic E-state index is 0.176. The second-order valence-corrected chi connectivity index (χ2v) is 6.44. The van der Waals surface area contributed by atoms with E-state index in [2.05, 4.69) is 15.3 Å². The maximum atomic E-state index is 13.6. The second-order valence-electron chi connectivity index (χ2n) is 6.44. The zero-order valence-corrected chi connectivity index (χ0v) is 14.7. The standard InChI is InChI=1S/C21H18F2N4/c1-2-19-21(14-3-7-16(22)8-4-14,15-5-9-17(23)10-6-15)27-20(26-19)18-13-24-11-12-25-18/h3-13,19H,2H2,1H3,(H,26,27). The van der Waals surface area contributed by atoms with Crippen LogP contribution in [0.15, 0.2) is 72.1 Å². The highest BCUT2D eigenvalue weighted by molar-refractivity contribution is 5.99. The molecule has 2 heterocycles. The first kappa shape index (κ1) is 17.3. The Morgan fingerprint density at radius 3 is 2.00 bits per heavy atom. The normalized spacial score (nSPS) is 18.0. The van der Waals surface area contributed by atoms with E-state index in [0.29, 0.717) is 11.5 Å². The average molecular weight is 364 g/mol. The van der Waals surface area contributed by atoms with Gasteiger partial charge in [-0.3, -0.25) is 9.98 Å². The van der Waals surface area contributed by atoms with Gasteiger partial charge in [0.15, 0.2) is 0 Å². The van der Waals surface area contributed by atoms with E-state index in [1.807, 2.05) is 6.92 Å². The van der Waals surface area contributed by atoms with Gasteiger partial charge in [-0.05, 0) is 41.8 Å². The van der Waals surface area contributed by atoms with E-state index in [-0.39, 0.29) is 17.7 Å². The number of rotatable bonds is 4. The van der Waals surface area contributed by atoms with E-state index < -0.39 is 5.54 Å². The first-order valence-corrected chi connectivity index (χ1v) is 8.78. The molecule has 0 saturated heterocycles. The van der Waals surface area contributed by atoms with Crippen molar-refractivity contribution in [2.45, 2.75) is 24.9 Å². The molecule has 0 amide bonds. The predicted octanol–water partition coefficient (Wildman–Crippen LogP) is 3.83. The van der Waals surface area contributed by atoms with Gasteiger partial charge in [-0.15, -0.1) is 0 Å². The molecule has 1 unspecified atom stereocenters. The van der Waals surface area contributed by atoms with Crippen LogP contribution < -0.4 is 5.32 Å². The van der Waals surface area contributed by atoms with Gasteiger partial charge in [0.25, 0.3) is 0 Å². The Morgan fingerprint density at radius 1 is 0.926 bits per heavy atom. The number of hydrogen-bond donors (Lipinski definition) is 1. The van der Waals surface area contributed by atoms with Crippen molar-refractivity contribution in [2.24, 2.45) is 4.99 Å². The summed E-state index contributed by atoms with van der Waals surface area (Å²) in [7, 11) is 0. The lowest BCUT2D eigenvalue weighted by Gasteiger charge is -2.36. The minimum atomic E-state index is -0.747. The highest BCUT2D eigenvalue weighted by Gasteiger charge is 2.46. The lowest BCUT2D eigenvalue weighted by molar-refractivity contribution is 0.402. The minimum Gasteiger partial charge on any atom is -0.353 e. The van der Waals surface area contributed by atoms with Crippen LogP contribution in [-0.4, -0.2) is 21.8 Å². The van der Waals surface area contributed by atoms with Gasteiger partial charge in [-0.1, -0.05) is 31.2 Å². The lowest BCUT2D eigenvalue weighted by atomic mass is 9.76. The van der Waals surface area contributed by atoms with Crippen molar-refractivity contribution < 1.29 is 8.78 Å². The highest BCUT2D eigenvalue weighted by atomic mass is 19.1. The van der Waals surface area contributed by atoms with Crippen LogP contribution in [0, 0.1) is 11.6 Å². The highest BCUT2D eigenvalue weighted by Crippen LogP contribution is 2.40. The summed E-state index contributed by atoms with van der Waals surface area (Å²) in [6.45, 7) is 2.04. The Balaban J connectivity index is 1.88. The summed E-state index contributed by atoms with van der Waals surface area (Å²) in [5.41, 5.74) is 1.58. The summed E-state index contributed by atoms with van der Waals surface area (Å²) in [5, 5.41) is 3.50. The zero-order chi connectivity index (χ0) is 18.9. The fourth-order valence-corrected chi connectivity index (χ4v) is 3.63. The summed E-state index contributed by atoms with van der Waals surface area (Å²) >= 11 is 0. The van der Waals surface area contributed by atoms with Crippen molar-refractivity contribution in [3.8, 4) is 0 Å². The number of hydrogen-bond acceptors (Lipinski definition) is 4. The van der Waals surface area contributed by atoms with Crippen LogP contribution in [-0.2, 0) is 5.54 Å². The topological polar surface area (TPSA) is 50.2 Å². The molecule has 0 aliphatic carbocycles. The molecule has 1 aromatic heterocycles. The lowest BCUT2D eigenvalue weighted by Crippen LogP contribution is -2.48. The third-order valence-electron chi connectivity index (χ3n) is 4.89. The molecule has 136 valence electrons. The molecule has 0 spiro atoms. The maximum absolute atomic E-state index is 13.6. The van der Waals surface area contributed by atoms with Crippen LogP contribution in [0.2, 0.25) is 0 Å². The molecule has 1 aliphatic rings.